The van der Waals surface area contributed by atoms with Crippen molar-refractivity contribution in [1.29, 1.82) is 0 Å². The molecule has 2 heterocycles. The van der Waals surface area contributed by atoms with Gasteiger partial charge in [0.15, 0.2) is 0 Å². The molecule has 3 rings (SSSR count). The Morgan fingerprint density at radius 2 is 2.14 bits per heavy atom. The normalized spacial score (nSPS) is 19.1. The van der Waals surface area contributed by atoms with Gasteiger partial charge in [-0.05, 0) is 25.0 Å². The second-order valence-corrected chi connectivity index (χ2v) is 6.65. The fourth-order valence-corrected chi connectivity index (χ4v) is 3.57. The number of hydrogen-bond donors (Lipinski definition) is 1. The largest absolute Gasteiger partial charge is 0.366 e. The molecule has 0 saturated carbocycles. The van der Waals surface area contributed by atoms with Crippen LogP contribution in [0.15, 0.2) is 41.8 Å². The maximum atomic E-state index is 11.8. The van der Waals surface area contributed by atoms with E-state index in [4.69, 9.17) is 5.14 Å². The van der Waals surface area contributed by atoms with Gasteiger partial charge in [0, 0.05) is 12.6 Å². The maximum absolute atomic E-state index is 11.8. The molecule has 21 heavy (non-hydrogen) atoms. The van der Waals surface area contributed by atoms with E-state index in [-0.39, 0.29) is 10.9 Å². The van der Waals surface area contributed by atoms with Crippen LogP contribution in [0, 0.1) is 0 Å². The van der Waals surface area contributed by atoms with Crippen molar-refractivity contribution in [1.82, 2.24) is 14.8 Å². The maximum Gasteiger partial charge on any atom is 0.240 e. The van der Waals surface area contributed by atoms with Crippen LogP contribution in [0.25, 0.3) is 0 Å². The van der Waals surface area contributed by atoms with E-state index in [9.17, 15) is 8.42 Å². The first-order valence-electron chi connectivity index (χ1n) is 6.76. The molecule has 1 unspecified atom stereocenters. The van der Waals surface area contributed by atoms with Crippen molar-refractivity contribution in [3.63, 3.8) is 0 Å². The van der Waals surface area contributed by atoms with Crippen LogP contribution in [0.3, 0.4) is 0 Å². The molecular weight excluding hydrogens is 290 g/mol. The predicted molar refractivity (Wildman–Crippen MR) is 78.2 cm³/mol. The van der Waals surface area contributed by atoms with Crippen LogP contribution in [0.5, 0.6) is 0 Å². The Morgan fingerprint density at radius 3 is 2.86 bits per heavy atom. The Labute approximate surface area is 123 Å². The first-order chi connectivity index (χ1) is 10.1. The van der Waals surface area contributed by atoms with Crippen molar-refractivity contribution in [3.05, 3.63) is 36.9 Å². The summed E-state index contributed by atoms with van der Waals surface area (Å²) in [5, 5.41) is 9.44. The number of rotatable bonds is 4. The second-order valence-electron chi connectivity index (χ2n) is 5.12. The SMILES string of the molecule is NS(=O)(=O)c1ccccc1N1CCCC1Cn1cncn1. The van der Waals surface area contributed by atoms with Crippen molar-refractivity contribution in [3.8, 4) is 0 Å². The molecule has 1 aromatic heterocycles. The zero-order valence-electron chi connectivity index (χ0n) is 11.5. The van der Waals surface area contributed by atoms with Crippen LogP contribution >= 0.6 is 0 Å². The van der Waals surface area contributed by atoms with Gasteiger partial charge in [-0.25, -0.2) is 18.5 Å². The van der Waals surface area contributed by atoms with E-state index in [0.29, 0.717) is 12.2 Å². The third kappa shape index (κ3) is 2.91. The molecule has 0 aliphatic carbocycles. The minimum atomic E-state index is -3.73. The summed E-state index contributed by atoms with van der Waals surface area (Å²) in [4.78, 5) is 6.21. The van der Waals surface area contributed by atoms with E-state index in [2.05, 4.69) is 15.0 Å². The van der Waals surface area contributed by atoms with Gasteiger partial charge in [0.1, 0.15) is 17.6 Å². The monoisotopic (exact) mass is 307 g/mol. The van der Waals surface area contributed by atoms with Gasteiger partial charge in [-0.2, -0.15) is 5.10 Å². The first kappa shape index (κ1) is 14.0. The topological polar surface area (TPSA) is 94.1 Å². The second kappa shape index (κ2) is 5.45. The molecule has 1 fully saturated rings. The summed E-state index contributed by atoms with van der Waals surface area (Å²) in [6.45, 7) is 1.49. The summed E-state index contributed by atoms with van der Waals surface area (Å²) in [5.41, 5.74) is 0.669. The Kier molecular flexibility index (Phi) is 3.64. The van der Waals surface area contributed by atoms with Gasteiger partial charge < -0.3 is 4.90 Å². The molecule has 8 heteroatoms. The summed E-state index contributed by atoms with van der Waals surface area (Å²) in [6.07, 6.45) is 5.16. The standard InChI is InChI=1S/C13H17N5O2S/c14-21(19,20)13-6-2-1-5-12(13)18-7-3-4-11(18)8-17-10-15-9-16-17/h1-2,5-6,9-11H,3-4,7-8H2,(H2,14,19,20). The highest BCUT2D eigenvalue weighted by Gasteiger charge is 2.28. The van der Waals surface area contributed by atoms with E-state index in [0.717, 1.165) is 19.4 Å². The third-order valence-electron chi connectivity index (χ3n) is 3.72. The van der Waals surface area contributed by atoms with Crippen molar-refractivity contribution in [2.45, 2.75) is 30.3 Å². The van der Waals surface area contributed by atoms with Crippen molar-refractivity contribution in [2.75, 3.05) is 11.4 Å². The molecule has 2 aromatic rings. The molecule has 1 aliphatic heterocycles. The van der Waals surface area contributed by atoms with Gasteiger partial charge in [-0.3, -0.25) is 4.68 Å². The number of benzene rings is 1. The fourth-order valence-electron chi connectivity index (χ4n) is 2.82. The van der Waals surface area contributed by atoms with Gasteiger partial charge in [-0.1, -0.05) is 12.1 Å². The minimum absolute atomic E-state index is 0.176. The summed E-state index contributed by atoms with van der Waals surface area (Å²) in [5.74, 6) is 0. The quantitative estimate of drug-likeness (QED) is 0.892. The van der Waals surface area contributed by atoms with E-state index < -0.39 is 10.0 Å². The smallest absolute Gasteiger partial charge is 0.240 e. The van der Waals surface area contributed by atoms with Crippen molar-refractivity contribution in [2.24, 2.45) is 5.14 Å². The van der Waals surface area contributed by atoms with Crippen LogP contribution in [0.4, 0.5) is 5.69 Å². The Morgan fingerprint density at radius 1 is 1.33 bits per heavy atom. The van der Waals surface area contributed by atoms with Crippen LogP contribution in [-0.4, -0.2) is 35.8 Å². The lowest BCUT2D eigenvalue weighted by atomic mass is 10.2. The highest BCUT2D eigenvalue weighted by molar-refractivity contribution is 7.89. The van der Waals surface area contributed by atoms with Crippen LogP contribution in [-0.2, 0) is 16.6 Å². The molecular formula is C13H17N5O2S. The zero-order chi connectivity index (χ0) is 14.9. The molecule has 1 aliphatic rings. The van der Waals surface area contributed by atoms with E-state index >= 15 is 0 Å². The summed E-state index contributed by atoms with van der Waals surface area (Å²) in [6, 6.07) is 7.06. The summed E-state index contributed by atoms with van der Waals surface area (Å²) in [7, 11) is -3.73. The van der Waals surface area contributed by atoms with Crippen LogP contribution in [0.2, 0.25) is 0 Å². The molecule has 0 amide bonds. The molecule has 1 aromatic carbocycles. The zero-order valence-corrected chi connectivity index (χ0v) is 12.3. The van der Waals surface area contributed by atoms with Gasteiger partial charge in [0.25, 0.3) is 0 Å². The molecule has 7 nitrogen and oxygen atoms in total. The number of primary sulfonamides is 1. The number of nitrogens with two attached hydrogens (primary N) is 1. The molecule has 1 saturated heterocycles. The highest BCUT2D eigenvalue weighted by Crippen LogP contribution is 2.31. The van der Waals surface area contributed by atoms with Crippen LogP contribution < -0.4 is 10.0 Å². The molecule has 112 valence electrons. The number of sulfonamides is 1. The Bertz CT molecular complexity index is 714. The van der Waals surface area contributed by atoms with E-state index in [1.807, 2.05) is 6.07 Å². The molecule has 0 radical (unpaired) electrons. The van der Waals surface area contributed by atoms with Gasteiger partial charge in [0.05, 0.1) is 12.2 Å². The molecule has 1 atom stereocenters. The predicted octanol–water partition coefficient (Wildman–Crippen LogP) is 0.594. The summed E-state index contributed by atoms with van der Waals surface area (Å²) >= 11 is 0. The van der Waals surface area contributed by atoms with Gasteiger partial charge >= 0.3 is 0 Å². The van der Waals surface area contributed by atoms with Crippen molar-refractivity contribution < 1.29 is 8.42 Å². The van der Waals surface area contributed by atoms with Gasteiger partial charge in [-0.15, -0.1) is 0 Å². The first-order valence-corrected chi connectivity index (χ1v) is 8.31. The number of para-hydroxylation sites is 1. The number of aromatic nitrogens is 3. The average Bonchev–Trinajstić information content (AvgIpc) is 3.10. The van der Waals surface area contributed by atoms with Crippen molar-refractivity contribution >= 4 is 15.7 Å². The average molecular weight is 307 g/mol. The fraction of sp³-hybridized carbons (Fsp3) is 0.385. The number of anilines is 1. The lowest BCUT2D eigenvalue weighted by molar-refractivity contribution is 0.506. The number of hydrogen-bond acceptors (Lipinski definition) is 5. The summed E-state index contributed by atoms with van der Waals surface area (Å²) < 4.78 is 25.3. The molecule has 2 N–H and O–H groups in total. The Hall–Kier alpha value is -1.93. The number of nitrogens with zero attached hydrogens (tertiary/aromatic N) is 4. The van der Waals surface area contributed by atoms with Gasteiger partial charge in [0.2, 0.25) is 10.0 Å². The lowest BCUT2D eigenvalue weighted by Crippen LogP contribution is -2.34. The van der Waals surface area contributed by atoms with Crippen LogP contribution in [0.1, 0.15) is 12.8 Å². The molecule has 0 bridgehead atoms. The van der Waals surface area contributed by atoms with E-state index in [1.165, 1.54) is 6.33 Å². The van der Waals surface area contributed by atoms with E-state index in [1.54, 1.807) is 29.2 Å². The third-order valence-corrected chi connectivity index (χ3v) is 4.68. The highest BCUT2D eigenvalue weighted by atomic mass is 32.2. The molecule has 0 spiro atoms. The minimum Gasteiger partial charge on any atom is -0.366 e. The lowest BCUT2D eigenvalue weighted by Gasteiger charge is -2.28. The Balaban J connectivity index is 1.92.